The molecule has 2 aromatic carbocycles. The van der Waals surface area contributed by atoms with Crippen molar-refractivity contribution in [3.05, 3.63) is 51.3 Å². The molecule has 31 heavy (non-hydrogen) atoms. The summed E-state index contributed by atoms with van der Waals surface area (Å²) in [5, 5.41) is 3.20. The van der Waals surface area contributed by atoms with E-state index in [1.54, 1.807) is 31.4 Å². The quantitative estimate of drug-likeness (QED) is 0.300. The van der Waals surface area contributed by atoms with E-state index in [4.69, 9.17) is 15.2 Å². The molecule has 0 atom stereocenters. The van der Waals surface area contributed by atoms with Gasteiger partial charge in [0.05, 0.1) is 19.3 Å². The van der Waals surface area contributed by atoms with Gasteiger partial charge in [0.1, 0.15) is 17.3 Å². The Balaban J connectivity index is 1.45. The third-order valence-corrected chi connectivity index (χ3v) is 6.57. The van der Waals surface area contributed by atoms with Crippen molar-refractivity contribution in [3.63, 3.8) is 0 Å². The molecule has 2 aromatic rings. The number of methoxy groups -OCH3 is 1. The molecule has 1 amide bonds. The Bertz CT molecular complexity index is 900. The Morgan fingerprint density at radius 3 is 2.58 bits per heavy atom. The Hall–Kier alpha value is -2.07. The molecule has 0 aromatic heterocycles. The first-order valence-electron chi connectivity index (χ1n) is 10.4. The summed E-state index contributed by atoms with van der Waals surface area (Å²) in [6.07, 6.45) is 2.62. The highest BCUT2D eigenvalue weighted by molar-refractivity contribution is 14.1. The van der Waals surface area contributed by atoms with Crippen LogP contribution in [0, 0.1) is 9.39 Å². The normalized spacial score (nSPS) is 16.0. The summed E-state index contributed by atoms with van der Waals surface area (Å²) in [5.41, 5.74) is 6.76. The first kappa shape index (κ1) is 23.6. The predicted octanol–water partition coefficient (Wildman–Crippen LogP) is 4.07. The minimum atomic E-state index is -0.268. The molecule has 1 fully saturated rings. The van der Waals surface area contributed by atoms with Crippen LogP contribution in [0.25, 0.3) is 0 Å². The van der Waals surface area contributed by atoms with Crippen LogP contribution in [0.5, 0.6) is 11.5 Å². The van der Waals surface area contributed by atoms with Gasteiger partial charge < -0.3 is 25.4 Å². The van der Waals surface area contributed by atoms with Crippen molar-refractivity contribution in [2.24, 2.45) is 0 Å². The van der Waals surface area contributed by atoms with Crippen molar-refractivity contribution in [2.45, 2.75) is 31.7 Å². The molecule has 1 aliphatic heterocycles. The van der Waals surface area contributed by atoms with Gasteiger partial charge in [0.15, 0.2) is 0 Å². The number of rotatable bonds is 8. The van der Waals surface area contributed by atoms with E-state index in [-0.39, 0.29) is 17.3 Å². The molecule has 0 unspecified atom stereocenters. The lowest BCUT2D eigenvalue weighted by Crippen LogP contribution is -2.53. The van der Waals surface area contributed by atoms with Crippen molar-refractivity contribution >= 4 is 34.2 Å². The van der Waals surface area contributed by atoms with E-state index in [9.17, 15) is 9.18 Å². The largest absolute Gasteiger partial charge is 0.496 e. The van der Waals surface area contributed by atoms with Crippen LogP contribution in [0.4, 0.5) is 10.1 Å². The lowest BCUT2D eigenvalue weighted by Gasteiger charge is -2.40. The summed E-state index contributed by atoms with van der Waals surface area (Å²) in [6, 6.07) is 9.54. The third-order valence-electron chi connectivity index (χ3n) is 5.64. The summed E-state index contributed by atoms with van der Waals surface area (Å²) in [7, 11) is 1.54. The molecule has 1 heterocycles. The third kappa shape index (κ3) is 6.46. The van der Waals surface area contributed by atoms with Gasteiger partial charge in [-0.2, -0.15) is 0 Å². The van der Waals surface area contributed by atoms with E-state index in [1.807, 2.05) is 0 Å². The molecule has 1 saturated heterocycles. The number of amides is 1. The number of carbonyl (C=O) groups excluding carboxylic acids is 1. The van der Waals surface area contributed by atoms with E-state index in [0.717, 1.165) is 42.5 Å². The Morgan fingerprint density at radius 1 is 1.26 bits per heavy atom. The molecule has 168 valence electrons. The van der Waals surface area contributed by atoms with Crippen LogP contribution in [0.2, 0.25) is 0 Å². The number of nitrogens with zero attached hydrogens (tertiary/aromatic N) is 1. The average molecular weight is 541 g/mol. The van der Waals surface area contributed by atoms with Crippen LogP contribution in [-0.4, -0.2) is 49.7 Å². The number of hydrogen-bond donors (Lipinski definition) is 2. The minimum Gasteiger partial charge on any atom is -0.496 e. The maximum atomic E-state index is 12.9. The van der Waals surface area contributed by atoms with Crippen molar-refractivity contribution in [1.82, 2.24) is 10.2 Å². The number of carbonyl (C=O) groups is 1. The maximum Gasteiger partial charge on any atom is 0.255 e. The zero-order chi connectivity index (χ0) is 22.4. The first-order valence-corrected chi connectivity index (χ1v) is 11.4. The standard InChI is InChI=1S/C23H29FIN3O3/c1-23(27-22(29)18-14-19(25)20(26)15-21(18)30-2)8-11-28(12-9-23)10-3-13-31-17-6-4-16(24)5-7-17/h4-7,14-15H,3,8-13,26H2,1-2H3,(H,27,29). The monoisotopic (exact) mass is 541 g/mol. The summed E-state index contributed by atoms with van der Waals surface area (Å²) in [6.45, 7) is 5.42. The molecule has 3 N–H and O–H groups in total. The van der Waals surface area contributed by atoms with Gasteiger partial charge in [0.2, 0.25) is 0 Å². The topological polar surface area (TPSA) is 76.8 Å². The van der Waals surface area contributed by atoms with Crippen molar-refractivity contribution in [1.29, 1.82) is 0 Å². The fraction of sp³-hybridized carbons (Fsp3) is 0.435. The number of piperidine rings is 1. The summed E-state index contributed by atoms with van der Waals surface area (Å²) in [5.74, 6) is 0.763. The van der Waals surface area contributed by atoms with Crippen LogP contribution in [0.1, 0.15) is 36.5 Å². The van der Waals surface area contributed by atoms with Gasteiger partial charge in [0, 0.05) is 40.5 Å². The smallest absolute Gasteiger partial charge is 0.255 e. The van der Waals surface area contributed by atoms with E-state index in [2.05, 4.69) is 39.7 Å². The molecule has 1 aliphatic rings. The van der Waals surface area contributed by atoms with E-state index < -0.39 is 0 Å². The number of halogens is 2. The Labute approximate surface area is 196 Å². The van der Waals surface area contributed by atoms with E-state index in [0.29, 0.717) is 29.4 Å². The second-order valence-corrected chi connectivity index (χ2v) is 9.25. The molecule has 0 bridgehead atoms. The second-order valence-electron chi connectivity index (χ2n) is 8.09. The van der Waals surface area contributed by atoms with Gasteiger partial charge in [-0.25, -0.2) is 4.39 Å². The van der Waals surface area contributed by atoms with Crippen molar-refractivity contribution in [2.75, 3.05) is 39.1 Å². The SMILES string of the molecule is COc1cc(N)c(I)cc1C(=O)NC1(C)CCN(CCCOc2ccc(F)cc2)CC1. The van der Waals surface area contributed by atoms with Crippen LogP contribution in [0.15, 0.2) is 36.4 Å². The molecule has 6 nitrogen and oxygen atoms in total. The van der Waals surface area contributed by atoms with Crippen LogP contribution < -0.4 is 20.5 Å². The predicted molar refractivity (Wildman–Crippen MR) is 128 cm³/mol. The van der Waals surface area contributed by atoms with Crippen molar-refractivity contribution in [3.8, 4) is 11.5 Å². The van der Waals surface area contributed by atoms with Gasteiger partial charge >= 0.3 is 0 Å². The molecule has 3 rings (SSSR count). The number of ether oxygens (including phenoxy) is 2. The van der Waals surface area contributed by atoms with Crippen LogP contribution in [0.3, 0.4) is 0 Å². The zero-order valence-electron chi connectivity index (χ0n) is 17.9. The number of hydrogen-bond acceptors (Lipinski definition) is 5. The van der Waals surface area contributed by atoms with Gasteiger partial charge in [0.25, 0.3) is 5.91 Å². The molecular formula is C23H29FIN3O3. The number of anilines is 1. The van der Waals surface area contributed by atoms with Gasteiger partial charge in [-0.05, 0) is 79.1 Å². The molecule has 0 spiro atoms. The lowest BCUT2D eigenvalue weighted by molar-refractivity contribution is 0.0827. The Kier molecular flexibility index (Phi) is 7.99. The highest BCUT2D eigenvalue weighted by Crippen LogP contribution is 2.28. The average Bonchev–Trinajstić information content (AvgIpc) is 2.75. The lowest BCUT2D eigenvalue weighted by atomic mass is 9.89. The number of likely N-dealkylation sites (tertiary alicyclic amines) is 1. The molecule has 0 aliphatic carbocycles. The maximum absolute atomic E-state index is 12.9. The Morgan fingerprint density at radius 2 is 1.94 bits per heavy atom. The number of nitrogen functional groups attached to an aromatic ring is 1. The molecule has 0 saturated carbocycles. The van der Waals surface area contributed by atoms with Crippen LogP contribution in [-0.2, 0) is 0 Å². The number of benzene rings is 2. The van der Waals surface area contributed by atoms with Gasteiger partial charge in [-0.1, -0.05) is 0 Å². The number of nitrogens with two attached hydrogens (primary N) is 1. The van der Waals surface area contributed by atoms with E-state index >= 15 is 0 Å². The first-order chi connectivity index (χ1) is 14.8. The second kappa shape index (κ2) is 10.5. The van der Waals surface area contributed by atoms with Crippen molar-refractivity contribution < 1.29 is 18.7 Å². The van der Waals surface area contributed by atoms with Gasteiger partial charge in [-0.15, -0.1) is 0 Å². The zero-order valence-corrected chi connectivity index (χ0v) is 20.1. The fourth-order valence-electron chi connectivity index (χ4n) is 3.66. The molecular weight excluding hydrogens is 512 g/mol. The molecule has 8 heteroatoms. The van der Waals surface area contributed by atoms with Crippen LogP contribution >= 0.6 is 22.6 Å². The molecule has 0 radical (unpaired) electrons. The summed E-state index contributed by atoms with van der Waals surface area (Å²) >= 11 is 2.12. The summed E-state index contributed by atoms with van der Waals surface area (Å²) in [4.78, 5) is 15.3. The fourth-order valence-corrected chi connectivity index (χ4v) is 4.13. The summed E-state index contributed by atoms with van der Waals surface area (Å²) < 4.78 is 24.8. The number of nitrogens with one attached hydrogen (secondary N) is 1. The highest BCUT2D eigenvalue weighted by atomic mass is 127. The van der Waals surface area contributed by atoms with E-state index in [1.165, 1.54) is 12.1 Å². The minimum absolute atomic E-state index is 0.140. The highest BCUT2D eigenvalue weighted by Gasteiger charge is 2.32. The van der Waals surface area contributed by atoms with Gasteiger partial charge in [-0.3, -0.25) is 4.79 Å².